The summed E-state index contributed by atoms with van der Waals surface area (Å²) >= 11 is 5.00. The number of hydrogen-bond acceptors (Lipinski definition) is 5. The van der Waals surface area contributed by atoms with E-state index in [0.29, 0.717) is 16.8 Å². The Balaban J connectivity index is 2.23. The van der Waals surface area contributed by atoms with Crippen LogP contribution in [-0.2, 0) is 6.42 Å². The Bertz CT molecular complexity index is 1110. The smallest absolute Gasteiger partial charge is 0.270 e. The van der Waals surface area contributed by atoms with E-state index >= 15 is 0 Å². The van der Waals surface area contributed by atoms with Crippen LogP contribution >= 0.6 is 27.3 Å². The standard InChI is InChI=1S/C18H12BrN3O3S/c1-2-16-14(19)8-17(26-16)12-7-15(21-18(23)13(12)9-20)10-4-3-5-11(6-10)22(24)25/h3-8H,2H2,1H3,(H,21,23). The normalized spacial score (nSPS) is 10.5. The van der Waals surface area contributed by atoms with Gasteiger partial charge in [0.25, 0.3) is 11.2 Å². The molecule has 26 heavy (non-hydrogen) atoms. The minimum Gasteiger partial charge on any atom is -0.321 e. The number of halogens is 1. The molecule has 0 spiro atoms. The highest BCUT2D eigenvalue weighted by atomic mass is 79.9. The minimum absolute atomic E-state index is 0.0237. The van der Waals surface area contributed by atoms with E-state index in [1.165, 1.54) is 23.5 Å². The van der Waals surface area contributed by atoms with Crippen LogP contribution in [0.1, 0.15) is 17.4 Å². The number of aryl methyl sites for hydroxylation is 1. The fourth-order valence-corrected chi connectivity index (χ4v) is 4.51. The molecule has 0 amide bonds. The zero-order valence-electron chi connectivity index (χ0n) is 13.6. The topological polar surface area (TPSA) is 99.8 Å². The third kappa shape index (κ3) is 3.31. The number of nitro groups is 1. The molecule has 8 heteroatoms. The average Bonchev–Trinajstić information content (AvgIpc) is 3.01. The second-order valence-electron chi connectivity index (χ2n) is 5.46. The molecule has 2 heterocycles. The third-order valence-electron chi connectivity index (χ3n) is 3.86. The quantitative estimate of drug-likeness (QED) is 0.471. The van der Waals surface area contributed by atoms with Crippen molar-refractivity contribution in [1.82, 2.24) is 4.98 Å². The highest BCUT2D eigenvalue weighted by Gasteiger charge is 2.17. The van der Waals surface area contributed by atoms with Crippen molar-refractivity contribution in [1.29, 1.82) is 5.26 Å². The zero-order chi connectivity index (χ0) is 18.8. The Morgan fingerprint density at radius 1 is 1.35 bits per heavy atom. The van der Waals surface area contributed by atoms with E-state index in [2.05, 4.69) is 20.9 Å². The second-order valence-corrected chi connectivity index (χ2v) is 7.45. The van der Waals surface area contributed by atoms with Gasteiger partial charge in [0.1, 0.15) is 11.6 Å². The summed E-state index contributed by atoms with van der Waals surface area (Å²) in [6.45, 7) is 2.03. The Morgan fingerprint density at radius 2 is 2.12 bits per heavy atom. The van der Waals surface area contributed by atoms with Crippen LogP contribution in [0.4, 0.5) is 5.69 Å². The Labute approximate surface area is 161 Å². The highest BCUT2D eigenvalue weighted by molar-refractivity contribution is 9.10. The van der Waals surface area contributed by atoms with Gasteiger partial charge in [-0.2, -0.15) is 5.26 Å². The molecule has 1 N–H and O–H groups in total. The number of hydrogen-bond donors (Lipinski definition) is 1. The predicted molar refractivity (Wildman–Crippen MR) is 104 cm³/mol. The molecule has 0 saturated heterocycles. The molecule has 0 radical (unpaired) electrons. The van der Waals surface area contributed by atoms with Gasteiger partial charge in [0, 0.05) is 43.2 Å². The van der Waals surface area contributed by atoms with Crippen molar-refractivity contribution in [2.75, 3.05) is 0 Å². The van der Waals surface area contributed by atoms with Gasteiger partial charge < -0.3 is 4.98 Å². The maximum atomic E-state index is 12.4. The van der Waals surface area contributed by atoms with Crippen LogP contribution in [-0.4, -0.2) is 9.91 Å². The molecule has 0 aliphatic rings. The lowest BCUT2D eigenvalue weighted by Gasteiger charge is -2.06. The summed E-state index contributed by atoms with van der Waals surface area (Å²) < 4.78 is 0.932. The molecule has 0 saturated carbocycles. The van der Waals surface area contributed by atoms with Gasteiger partial charge >= 0.3 is 0 Å². The molecule has 0 fully saturated rings. The Morgan fingerprint density at radius 3 is 2.73 bits per heavy atom. The largest absolute Gasteiger partial charge is 0.321 e. The molecule has 2 aromatic heterocycles. The van der Waals surface area contributed by atoms with Crippen molar-refractivity contribution in [2.45, 2.75) is 13.3 Å². The molecule has 1 aromatic carbocycles. The summed E-state index contributed by atoms with van der Waals surface area (Å²) in [6.07, 6.45) is 0.827. The van der Waals surface area contributed by atoms with Crippen LogP contribution in [0.25, 0.3) is 21.7 Å². The number of non-ortho nitro benzene ring substituents is 1. The summed E-state index contributed by atoms with van der Waals surface area (Å²) in [5.41, 5.74) is 0.887. The summed E-state index contributed by atoms with van der Waals surface area (Å²) in [6, 6.07) is 11.5. The number of nitriles is 1. The van der Waals surface area contributed by atoms with Crippen molar-refractivity contribution < 1.29 is 4.92 Å². The SMILES string of the molecule is CCc1sc(-c2cc(-c3cccc([N+](=O)[O-])c3)[nH]c(=O)c2C#N)cc1Br. The van der Waals surface area contributed by atoms with Crippen LogP contribution in [0, 0.1) is 21.4 Å². The summed E-state index contributed by atoms with van der Waals surface area (Å²) in [7, 11) is 0. The van der Waals surface area contributed by atoms with Crippen molar-refractivity contribution in [3.63, 3.8) is 0 Å². The third-order valence-corrected chi connectivity index (χ3v) is 6.14. The van der Waals surface area contributed by atoms with Crippen LogP contribution < -0.4 is 5.56 Å². The van der Waals surface area contributed by atoms with E-state index in [1.54, 1.807) is 18.2 Å². The van der Waals surface area contributed by atoms with E-state index < -0.39 is 10.5 Å². The maximum absolute atomic E-state index is 12.4. The molecule has 3 rings (SSSR count). The number of thiophene rings is 1. The number of aromatic amines is 1. The lowest BCUT2D eigenvalue weighted by molar-refractivity contribution is -0.384. The monoisotopic (exact) mass is 429 g/mol. The summed E-state index contributed by atoms with van der Waals surface area (Å²) in [5.74, 6) is 0. The fourth-order valence-electron chi connectivity index (χ4n) is 2.59. The van der Waals surface area contributed by atoms with E-state index in [1.807, 2.05) is 19.1 Å². The summed E-state index contributed by atoms with van der Waals surface area (Å²) in [4.78, 5) is 27.5. The maximum Gasteiger partial charge on any atom is 0.270 e. The zero-order valence-corrected chi connectivity index (χ0v) is 16.0. The second kappa shape index (κ2) is 7.23. The van der Waals surface area contributed by atoms with Gasteiger partial charge in [-0.3, -0.25) is 14.9 Å². The number of aromatic nitrogens is 1. The van der Waals surface area contributed by atoms with Gasteiger partial charge in [0.05, 0.1) is 4.92 Å². The van der Waals surface area contributed by atoms with E-state index in [0.717, 1.165) is 20.6 Å². The number of nitrogens with one attached hydrogen (secondary N) is 1. The number of H-pyrrole nitrogens is 1. The molecule has 0 unspecified atom stereocenters. The Kier molecular flexibility index (Phi) is 5.02. The molecular weight excluding hydrogens is 418 g/mol. The van der Waals surface area contributed by atoms with Crippen molar-refractivity contribution in [3.8, 4) is 27.8 Å². The van der Waals surface area contributed by atoms with Gasteiger partial charge in [-0.05, 0) is 34.5 Å². The predicted octanol–water partition coefficient (Wildman–Crippen LogP) is 4.88. The van der Waals surface area contributed by atoms with Crippen LogP contribution in [0.2, 0.25) is 0 Å². The molecule has 3 aromatic rings. The highest BCUT2D eigenvalue weighted by Crippen LogP contribution is 2.37. The van der Waals surface area contributed by atoms with Gasteiger partial charge in [-0.15, -0.1) is 11.3 Å². The molecule has 0 aliphatic carbocycles. The first-order chi connectivity index (χ1) is 12.4. The van der Waals surface area contributed by atoms with Gasteiger partial charge in [0.15, 0.2) is 0 Å². The first kappa shape index (κ1) is 18.0. The number of nitro benzene ring substituents is 1. The molecule has 0 aliphatic heterocycles. The van der Waals surface area contributed by atoms with E-state index in [-0.39, 0.29) is 11.3 Å². The van der Waals surface area contributed by atoms with E-state index in [9.17, 15) is 20.2 Å². The lowest BCUT2D eigenvalue weighted by atomic mass is 10.0. The molecular formula is C18H12BrN3O3S. The first-order valence-corrected chi connectivity index (χ1v) is 9.26. The van der Waals surface area contributed by atoms with Crippen LogP contribution in [0.5, 0.6) is 0 Å². The average molecular weight is 430 g/mol. The lowest BCUT2D eigenvalue weighted by Crippen LogP contribution is -2.12. The number of benzene rings is 1. The molecule has 0 atom stereocenters. The van der Waals surface area contributed by atoms with Crippen molar-refractivity contribution in [3.05, 3.63) is 71.8 Å². The van der Waals surface area contributed by atoms with Gasteiger partial charge in [0.2, 0.25) is 0 Å². The first-order valence-electron chi connectivity index (χ1n) is 7.65. The minimum atomic E-state index is -0.519. The van der Waals surface area contributed by atoms with Crippen molar-refractivity contribution >= 4 is 33.0 Å². The van der Waals surface area contributed by atoms with Crippen molar-refractivity contribution in [2.24, 2.45) is 0 Å². The Hall–Kier alpha value is -2.76. The van der Waals surface area contributed by atoms with Crippen LogP contribution in [0.3, 0.4) is 0 Å². The fraction of sp³-hybridized carbons (Fsp3) is 0.111. The summed E-state index contributed by atoms with van der Waals surface area (Å²) in [5, 5.41) is 20.4. The molecule has 130 valence electrons. The van der Waals surface area contributed by atoms with E-state index in [4.69, 9.17) is 0 Å². The van der Waals surface area contributed by atoms with Crippen LogP contribution in [0.15, 0.2) is 45.7 Å². The number of pyridine rings is 1. The number of rotatable bonds is 4. The van der Waals surface area contributed by atoms with Gasteiger partial charge in [-0.1, -0.05) is 19.1 Å². The van der Waals surface area contributed by atoms with Gasteiger partial charge in [-0.25, -0.2) is 0 Å². The number of nitrogens with zero attached hydrogens (tertiary/aromatic N) is 2. The molecule has 6 nitrogen and oxygen atoms in total. The molecule has 0 bridgehead atoms.